The van der Waals surface area contributed by atoms with Gasteiger partial charge in [-0.05, 0) is 30.3 Å². The predicted molar refractivity (Wildman–Crippen MR) is 63.0 cm³/mol. The minimum absolute atomic E-state index is 0.280. The van der Waals surface area contributed by atoms with Crippen molar-refractivity contribution in [3.05, 3.63) is 64.6 Å². The minimum atomic E-state index is -4.17. The number of rotatable bonds is 3. The molecule has 0 unspecified atom stereocenters. The van der Waals surface area contributed by atoms with Crippen molar-refractivity contribution in [1.29, 1.82) is 0 Å². The van der Waals surface area contributed by atoms with Gasteiger partial charge in [-0.3, -0.25) is 0 Å². The highest BCUT2D eigenvalue weighted by Crippen LogP contribution is 2.30. The highest BCUT2D eigenvalue weighted by atomic mass is 32.2. The molecule has 0 atom stereocenters. The van der Waals surface area contributed by atoms with Gasteiger partial charge in [-0.15, -0.1) is 0 Å². The average Bonchev–Trinajstić information content (AvgIpc) is 2.33. The number of hydrogen-bond acceptors (Lipinski definition) is 2. The van der Waals surface area contributed by atoms with Crippen molar-refractivity contribution in [1.82, 2.24) is 0 Å². The Bertz CT molecular complexity index is 699. The number of sulfonamides is 1. The van der Waals surface area contributed by atoms with Gasteiger partial charge in [0.2, 0.25) is 0 Å². The smallest absolute Gasteiger partial charge is 0.126 e. The molecule has 0 aliphatic rings. The summed E-state index contributed by atoms with van der Waals surface area (Å²) in [7, 11) is -4.17. The van der Waals surface area contributed by atoms with Crippen LogP contribution in [0.3, 0.4) is 0 Å². The molecule has 2 aromatic rings. The largest absolute Gasteiger partial charge is 0.570 e. The standard InChI is InChI=1S/C12H7F3NO2S/c13-8-1-4-10(5-2-8)19(17,18)16-12-6-3-9(14)7-11(12)15/h1-7H/q-1. The Morgan fingerprint density at radius 3 is 2.00 bits per heavy atom. The molecule has 0 bridgehead atoms. The molecule has 0 aliphatic carbocycles. The topological polar surface area (TPSA) is 48.2 Å². The Morgan fingerprint density at radius 1 is 0.842 bits per heavy atom. The number of nitrogens with zero attached hydrogens (tertiary/aromatic N) is 1. The second kappa shape index (κ2) is 4.93. The lowest BCUT2D eigenvalue weighted by Gasteiger charge is -2.22. The van der Waals surface area contributed by atoms with Crippen molar-refractivity contribution in [2.24, 2.45) is 0 Å². The van der Waals surface area contributed by atoms with Gasteiger partial charge in [0.05, 0.1) is 4.90 Å². The zero-order valence-corrected chi connectivity index (χ0v) is 10.2. The summed E-state index contributed by atoms with van der Waals surface area (Å²) < 4.78 is 65.5. The fraction of sp³-hybridized carbons (Fsp3) is 0. The van der Waals surface area contributed by atoms with Crippen LogP contribution in [0.25, 0.3) is 4.72 Å². The van der Waals surface area contributed by atoms with E-state index in [1.807, 2.05) is 0 Å². The van der Waals surface area contributed by atoms with E-state index in [1.165, 1.54) is 0 Å². The van der Waals surface area contributed by atoms with Gasteiger partial charge in [0.25, 0.3) is 0 Å². The van der Waals surface area contributed by atoms with E-state index in [4.69, 9.17) is 0 Å². The van der Waals surface area contributed by atoms with Gasteiger partial charge in [0, 0.05) is 6.07 Å². The van der Waals surface area contributed by atoms with Crippen LogP contribution in [0.15, 0.2) is 47.4 Å². The van der Waals surface area contributed by atoms with Gasteiger partial charge >= 0.3 is 0 Å². The van der Waals surface area contributed by atoms with Gasteiger partial charge in [-0.1, -0.05) is 11.8 Å². The summed E-state index contributed by atoms with van der Waals surface area (Å²) in [5.41, 5.74) is -0.509. The third kappa shape index (κ3) is 3.05. The lowest BCUT2D eigenvalue weighted by molar-refractivity contribution is 0.584. The molecule has 2 rings (SSSR count). The van der Waals surface area contributed by atoms with E-state index < -0.39 is 33.2 Å². The molecule has 100 valence electrons. The van der Waals surface area contributed by atoms with Crippen molar-refractivity contribution < 1.29 is 21.6 Å². The van der Waals surface area contributed by atoms with Crippen LogP contribution >= 0.6 is 0 Å². The zero-order chi connectivity index (χ0) is 14.0. The molecule has 7 heteroatoms. The fourth-order valence-corrected chi connectivity index (χ4v) is 2.34. The third-order valence-electron chi connectivity index (χ3n) is 2.24. The van der Waals surface area contributed by atoms with E-state index >= 15 is 0 Å². The van der Waals surface area contributed by atoms with Crippen molar-refractivity contribution in [2.45, 2.75) is 4.90 Å². The summed E-state index contributed by atoms with van der Waals surface area (Å²) in [5.74, 6) is -2.53. The SMILES string of the molecule is O=S(=O)([N-]c1ccc(F)cc1F)c1ccc(F)cc1. The molecular formula is C12H7F3NO2S-. The summed E-state index contributed by atoms with van der Waals surface area (Å²) in [6, 6.07) is 6.24. The molecule has 3 nitrogen and oxygen atoms in total. The van der Waals surface area contributed by atoms with Crippen molar-refractivity contribution >= 4 is 15.7 Å². The zero-order valence-electron chi connectivity index (χ0n) is 9.35. The van der Waals surface area contributed by atoms with Gasteiger partial charge in [-0.2, -0.15) is 0 Å². The Morgan fingerprint density at radius 2 is 1.42 bits per heavy atom. The molecule has 0 amide bonds. The number of halogens is 3. The Kier molecular flexibility index (Phi) is 3.48. The predicted octanol–water partition coefficient (Wildman–Crippen LogP) is 3.50. The second-order valence-electron chi connectivity index (χ2n) is 3.62. The number of benzene rings is 2. The van der Waals surface area contributed by atoms with Crippen LogP contribution in [0.1, 0.15) is 0 Å². The molecule has 0 radical (unpaired) electrons. The highest BCUT2D eigenvalue weighted by molar-refractivity contribution is 7.94. The summed E-state index contributed by atoms with van der Waals surface area (Å²) in [4.78, 5) is -0.280. The second-order valence-corrected chi connectivity index (χ2v) is 5.22. The first-order valence-electron chi connectivity index (χ1n) is 5.07. The first-order chi connectivity index (χ1) is 8.88. The Hall–Kier alpha value is -2.02. The highest BCUT2D eigenvalue weighted by Gasteiger charge is 2.07. The van der Waals surface area contributed by atoms with Crippen molar-refractivity contribution in [3.63, 3.8) is 0 Å². The van der Waals surface area contributed by atoms with E-state index in [2.05, 4.69) is 4.72 Å². The normalized spacial score (nSPS) is 11.3. The van der Waals surface area contributed by atoms with Crippen LogP contribution in [0.4, 0.5) is 18.9 Å². The molecule has 0 N–H and O–H groups in total. The molecule has 0 saturated carbocycles. The maximum absolute atomic E-state index is 13.3. The molecule has 0 aliphatic heterocycles. The molecule has 0 heterocycles. The molecule has 0 saturated heterocycles. The summed E-state index contributed by atoms with van der Waals surface area (Å²) in [6.45, 7) is 0. The van der Waals surface area contributed by atoms with Gasteiger partial charge < -0.3 is 4.72 Å². The summed E-state index contributed by atoms with van der Waals surface area (Å²) in [6.07, 6.45) is 0. The molecule has 0 fully saturated rings. The van der Waals surface area contributed by atoms with Crippen LogP contribution < -0.4 is 0 Å². The van der Waals surface area contributed by atoms with Gasteiger partial charge in [0.15, 0.2) is 0 Å². The van der Waals surface area contributed by atoms with Crippen LogP contribution in [-0.4, -0.2) is 8.42 Å². The van der Waals surface area contributed by atoms with Crippen LogP contribution in [0, 0.1) is 17.5 Å². The van der Waals surface area contributed by atoms with E-state index in [9.17, 15) is 21.6 Å². The molecular weight excluding hydrogens is 279 g/mol. The lowest BCUT2D eigenvalue weighted by Crippen LogP contribution is -1.98. The first kappa shape index (κ1) is 13.4. The summed E-state index contributed by atoms with van der Waals surface area (Å²) >= 11 is 0. The maximum Gasteiger partial charge on any atom is 0.126 e. The third-order valence-corrected chi connectivity index (χ3v) is 3.54. The minimum Gasteiger partial charge on any atom is -0.570 e. The quantitative estimate of drug-likeness (QED) is 0.867. The lowest BCUT2D eigenvalue weighted by atomic mass is 10.3. The monoisotopic (exact) mass is 286 g/mol. The molecule has 19 heavy (non-hydrogen) atoms. The van der Waals surface area contributed by atoms with Crippen LogP contribution in [-0.2, 0) is 10.0 Å². The maximum atomic E-state index is 13.3. The molecule has 0 aromatic heterocycles. The average molecular weight is 286 g/mol. The van der Waals surface area contributed by atoms with Crippen molar-refractivity contribution in [3.8, 4) is 0 Å². The van der Waals surface area contributed by atoms with Crippen LogP contribution in [0.2, 0.25) is 0 Å². The summed E-state index contributed by atoms with van der Waals surface area (Å²) in [5, 5.41) is 0. The first-order valence-corrected chi connectivity index (χ1v) is 6.51. The van der Waals surface area contributed by atoms with Gasteiger partial charge in [0.1, 0.15) is 27.5 Å². The Balaban J connectivity index is 2.33. The Labute approximate surface area is 107 Å². The van der Waals surface area contributed by atoms with E-state index in [1.54, 1.807) is 0 Å². The molecule has 2 aromatic carbocycles. The molecule has 0 spiro atoms. The van der Waals surface area contributed by atoms with E-state index in [-0.39, 0.29) is 4.90 Å². The van der Waals surface area contributed by atoms with E-state index in [0.29, 0.717) is 6.07 Å². The van der Waals surface area contributed by atoms with Crippen LogP contribution in [0.5, 0.6) is 0 Å². The number of hydrogen-bond donors (Lipinski definition) is 0. The van der Waals surface area contributed by atoms with Crippen molar-refractivity contribution in [2.75, 3.05) is 0 Å². The fourth-order valence-electron chi connectivity index (χ4n) is 1.34. The van der Waals surface area contributed by atoms with E-state index in [0.717, 1.165) is 36.4 Å². The van der Waals surface area contributed by atoms with Gasteiger partial charge in [-0.25, -0.2) is 21.6 Å².